The molecule has 3 heterocycles. The van der Waals surface area contributed by atoms with E-state index in [1.807, 2.05) is 0 Å². The van der Waals surface area contributed by atoms with Gasteiger partial charge in [-0.1, -0.05) is 22.6 Å². The van der Waals surface area contributed by atoms with Crippen molar-refractivity contribution in [2.24, 2.45) is 5.16 Å². The molecule has 5 N–H and O–H groups in total. The van der Waals surface area contributed by atoms with E-state index in [2.05, 4.69) is 15.5 Å². The largest absolute Gasteiger partial charge is 0.477 e. The molecule has 3 rings (SSSR count). The van der Waals surface area contributed by atoms with Crippen molar-refractivity contribution >= 4 is 57.7 Å². The number of thioether (sulfide) groups is 1. The molecule has 0 spiro atoms. The summed E-state index contributed by atoms with van der Waals surface area (Å²) < 4.78 is 5.14. The fraction of sp³-hybridized carbons (Fsp3) is 0.333. The van der Waals surface area contributed by atoms with Gasteiger partial charge in [0.05, 0.1) is 4.88 Å². The Labute approximate surface area is 189 Å². The number of aromatic nitrogens is 1. The highest BCUT2D eigenvalue weighted by Crippen LogP contribution is 2.40. The summed E-state index contributed by atoms with van der Waals surface area (Å²) in [5.41, 5.74) is 5.52. The zero-order valence-corrected chi connectivity index (χ0v) is 18.5. The van der Waals surface area contributed by atoms with Crippen LogP contribution in [0.15, 0.2) is 34.3 Å². The van der Waals surface area contributed by atoms with Crippen molar-refractivity contribution in [2.75, 3.05) is 18.1 Å². The van der Waals surface area contributed by atoms with Gasteiger partial charge in [0.2, 0.25) is 0 Å². The number of hydrogen-bond acceptors (Lipinski definition) is 11. The van der Waals surface area contributed by atoms with Crippen molar-refractivity contribution in [3.05, 3.63) is 34.0 Å². The molecule has 2 atom stereocenters. The number of hydrogen-bond donors (Lipinski definition) is 4. The maximum Gasteiger partial charge on any atom is 0.352 e. The molecule has 0 unspecified atom stereocenters. The number of amides is 2. The molecule has 32 heavy (non-hydrogen) atoms. The quantitative estimate of drug-likeness (QED) is 0.104. The molecule has 2 aliphatic rings. The second-order valence-corrected chi connectivity index (χ2v) is 8.84. The number of oxime groups is 1. The summed E-state index contributed by atoms with van der Waals surface area (Å²) in [6.45, 7) is 2.96. The molecule has 170 valence electrons. The summed E-state index contributed by atoms with van der Waals surface area (Å²) in [6, 6.07) is -1.03. The van der Waals surface area contributed by atoms with Crippen LogP contribution in [0.4, 0.5) is 5.13 Å². The van der Waals surface area contributed by atoms with Gasteiger partial charge in [-0.25, -0.2) is 14.6 Å². The fourth-order valence-electron chi connectivity index (χ4n) is 2.99. The maximum absolute atomic E-state index is 12.7. The third-order valence-corrected chi connectivity index (χ3v) is 6.91. The summed E-state index contributed by atoms with van der Waals surface area (Å²) in [4.78, 5) is 53.9. The van der Waals surface area contributed by atoms with E-state index in [4.69, 9.17) is 10.5 Å². The Kier molecular flexibility index (Phi) is 6.84. The Bertz CT molecular complexity index is 1080. The number of aliphatic carboxylic acids is 1. The Hall–Kier alpha value is -3.39. The summed E-state index contributed by atoms with van der Waals surface area (Å²) in [7, 11) is 0. The minimum atomic E-state index is -1.35. The van der Waals surface area contributed by atoms with Gasteiger partial charge in [-0.3, -0.25) is 14.5 Å². The summed E-state index contributed by atoms with van der Waals surface area (Å²) in [5.74, 6) is -3.24. The van der Waals surface area contributed by atoms with Gasteiger partial charge in [-0.05, 0) is 13.8 Å². The van der Waals surface area contributed by atoms with Crippen molar-refractivity contribution in [3.8, 4) is 0 Å². The van der Waals surface area contributed by atoms with Crippen molar-refractivity contribution < 1.29 is 34.2 Å². The number of carboxylic acids is 1. The predicted molar refractivity (Wildman–Crippen MR) is 115 cm³/mol. The molecule has 0 aromatic carbocycles. The normalized spacial score (nSPS) is 21.1. The Morgan fingerprint density at radius 3 is 2.75 bits per heavy atom. The Morgan fingerprint density at radius 1 is 1.47 bits per heavy atom. The number of thiazole rings is 1. The lowest BCUT2D eigenvalue weighted by Crippen LogP contribution is -2.71. The third-order valence-electron chi connectivity index (χ3n) is 4.74. The van der Waals surface area contributed by atoms with Crippen LogP contribution >= 0.6 is 23.1 Å². The number of carbonyl (C=O) groups excluding carboxylic acids is 3. The number of allylic oxidation sites excluding steroid dienone is 1. The van der Waals surface area contributed by atoms with E-state index in [-0.39, 0.29) is 39.4 Å². The van der Waals surface area contributed by atoms with Crippen LogP contribution < -0.4 is 11.1 Å². The number of anilines is 1. The van der Waals surface area contributed by atoms with Crippen molar-refractivity contribution in [1.82, 2.24) is 15.2 Å². The third kappa shape index (κ3) is 4.31. The second kappa shape index (κ2) is 9.40. The average Bonchev–Trinajstić information content (AvgIpc) is 3.20. The number of ether oxygens (including phenoxy) is 1. The van der Waals surface area contributed by atoms with Gasteiger partial charge in [0.15, 0.2) is 10.8 Å². The molecule has 1 saturated heterocycles. The number of carbonyl (C=O) groups is 4. The monoisotopic (exact) mass is 481 g/mol. The smallest absolute Gasteiger partial charge is 0.352 e. The zero-order chi connectivity index (χ0) is 23.6. The number of fused-ring (bicyclic) bond motifs is 1. The highest BCUT2D eigenvalue weighted by molar-refractivity contribution is 8.00. The minimum absolute atomic E-state index is 0.164. The molecule has 1 aromatic rings. The maximum atomic E-state index is 12.7. The van der Waals surface area contributed by atoms with E-state index in [0.717, 1.165) is 16.2 Å². The molecule has 1 fully saturated rings. The number of nitrogens with two attached hydrogens (primary N) is 1. The van der Waals surface area contributed by atoms with Gasteiger partial charge in [0, 0.05) is 23.1 Å². The van der Waals surface area contributed by atoms with Gasteiger partial charge in [0.25, 0.3) is 11.8 Å². The standard InChI is InChI=1S/C18H19N5O7S2/c1-3-7(2)17(28)30-5-8-6-31-15-11(14(25)23(15)12(8)16(26)27)21-13(24)10(22-29)9-4-20-18(19)32-9/h3-4,11,15,29H,5-6H2,1-2H3,(H2,19,20)(H,21,24)(H,26,27)/b7-3+,22-10-/t11-,15-/m1/s1. The van der Waals surface area contributed by atoms with Crippen LogP contribution in [0.25, 0.3) is 0 Å². The molecule has 2 amide bonds. The van der Waals surface area contributed by atoms with Crippen LogP contribution in [-0.4, -0.2) is 73.4 Å². The van der Waals surface area contributed by atoms with E-state index in [1.54, 1.807) is 19.9 Å². The molecule has 1 aromatic heterocycles. The first-order chi connectivity index (χ1) is 15.2. The van der Waals surface area contributed by atoms with Gasteiger partial charge < -0.3 is 26.1 Å². The van der Waals surface area contributed by atoms with Crippen LogP contribution in [0, 0.1) is 0 Å². The van der Waals surface area contributed by atoms with E-state index in [9.17, 15) is 29.5 Å². The average molecular weight is 482 g/mol. The number of carboxylic acid groups (broad SMARTS) is 1. The topological polar surface area (TPSA) is 185 Å². The van der Waals surface area contributed by atoms with Crippen LogP contribution in [0.5, 0.6) is 0 Å². The molecule has 14 heteroatoms. The molecule has 0 aliphatic carbocycles. The molecule has 2 aliphatic heterocycles. The molecular formula is C18H19N5O7S2. The van der Waals surface area contributed by atoms with Crippen LogP contribution in [0.3, 0.4) is 0 Å². The second-order valence-electron chi connectivity index (χ2n) is 6.68. The number of esters is 1. The summed E-state index contributed by atoms with van der Waals surface area (Å²) in [6.07, 6.45) is 2.82. The number of nitrogens with one attached hydrogen (secondary N) is 1. The van der Waals surface area contributed by atoms with Crippen molar-refractivity contribution in [3.63, 3.8) is 0 Å². The number of β-lactam (4-membered cyclic amide) rings is 1. The van der Waals surface area contributed by atoms with E-state index < -0.39 is 35.2 Å². The number of rotatable bonds is 7. The Morgan fingerprint density at radius 2 is 2.19 bits per heavy atom. The highest BCUT2D eigenvalue weighted by atomic mass is 32.2. The first kappa shape index (κ1) is 23.3. The molecule has 0 saturated carbocycles. The summed E-state index contributed by atoms with van der Waals surface area (Å²) >= 11 is 2.14. The summed E-state index contributed by atoms with van der Waals surface area (Å²) in [5, 5.41) is 23.8. The van der Waals surface area contributed by atoms with Crippen LogP contribution in [-0.2, 0) is 23.9 Å². The van der Waals surface area contributed by atoms with E-state index in [1.165, 1.54) is 18.0 Å². The van der Waals surface area contributed by atoms with Gasteiger partial charge >= 0.3 is 11.9 Å². The fourth-order valence-corrected chi connectivity index (χ4v) is 4.99. The first-order valence-corrected chi connectivity index (χ1v) is 11.0. The highest BCUT2D eigenvalue weighted by Gasteiger charge is 2.54. The van der Waals surface area contributed by atoms with Crippen LogP contribution in [0.1, 0.15) is 18.7 Å². The lowest BCUT2D eigenvalue weighted by Gasteiger charge is -2.49. The Balaban J connectivity index is 1.74. The number of nitrogen functional groups attached to an aromatic ring is 1. The van der Waals surface area contributed by atoms with E-state index in [0.29, 0.717) is 5.57 Å². The predicted octanol–water partition coefficient (Wildman–Crippen LogP) is 0.152. The lowest BCUT2D eigenvalue weighted by atomic mass is 10.0. The number of nitrogens with zero attached hydrogens (tertiary/aromatic N) is 3. The van der Waals surface area contributed by atoms with Gasteiger partial charge in [-0.2, -0.15) is 0 Å². The van der Waals surface area contributed by atoms with Crippen molar-refractivity contribution in [1.29, 1.82) is 0 Å². The SMILES string of the molecule is C/C=C(\C)C(=O)OCC1=C(C(=O)O)N2C(=O)[C@@H](NC(=O)/C(=N\O)c3cnc(N)s3)[C@H]2SC1. The van der Waals surface area contributed by atoms with E-state index >= 15 is 0 Å². The lowest BCUT2D eigenvalue weighted by molar-refractivity contribution is -0.150. The minimum Gasteiger partial charge on any atom is -0.477 e. The molecule has 0 radical (unpaired) electrons. The van der Waals surface area contributed by atoms with Crippen molar-refractivity contribution in [2.45, 2.75) is 25.3 Å². The van der Waals surface area contributed by atoms with Gasteiger partial charge in [-0.15, -0.1) is 11.8 Å². The van der Waals surface area contributed by atoms with Crippen LogP contribution in [0.2, 0.25) is 0 Å². The molecule has 0 bridgehead atoms. The molecular weight excluding hydrogens is 462 g/mol. The zero-order valence-electron chi connectivity index (χ0n) is 16.9. The molecule has 12 nitrogen and oxygen atoms in total. The first-order valence-electron chi connectivity index (χ1n) is 9.14. The van der Waals surface area contributed by atoms with Gasteiger partial charge in [0.1, 0.15) is 23.7 Å².